The number of para-hydroxylation sites is 1. The number of nitrogens with two attached hydrogens (primary N) is 1. The molecule has 8 nitrogen and oxygen atoms in total. The Bertz CT molecular complexity index is 1620. The summed E-state index contributed by atoms with van der Waals surface area (Å²) in [5.74, 6) is 0.895. The molecule has 0 aliphatic heterocycles. The Morgan fingerprint density at radius 1 is 0.822 bits per heavy atom. The molecule has 0 spiro atoms. The van der Waals surface area contributed by atoms with Crippen LogP contribution in [0.2, 0.25) is 0 Å². The van der Waals surface area contributed by atoms with Crippen LogP contribution in [0.1, 0.15) is 28.7 Å². The number of aromatic nitrogens is 1. The highest BCUT2D eigenvalue weighted by atomic mass is 16.5. The highest BCUT2D eigenvalue weighted by molar-refractivity contribution is 6.00. The van der Waals surface area contributed by atoms with Crippen LogP contribution in [-0.2, 0) is 17.8 Å². The summed E-state index contributed by atoms with van der Waals surface area (Å²) in [7, 11) is 1.61. The summed E-state index contributed by atoms with van der Waals surface area (Å²) in [6.07, 6.45) is 3.24. The van der Waals surface area contributed by atoms with Crippen LogP contribution in [0.4, 0.5) is 0 Å². The Morgan fingerprint density at radius 3 is 2.02 bits per heavy atom. The number of hydrogen-bond acceptors (Lipinski definition) is 5. The van der Waals surface area contributed by atoms with Crippen molar-refractivity contribution in [1.29, 1.82) is 10.8 Å². The second-order valence-electron chi connectivity index (χ2n) is 10.5. The quantitative estimate of drug-likeness (QED) is 0.0954. The number of carbonyl (C=O) groups excluding carboxylic acids is 1. The lowest BCUT2D eigenvalue weighted by Crippen LogP contribution is -2.43. The molecule has 8 heteroatoms. The minimum absolute atomic E-state index is 0.0277. The number of benzene rings is 4. The summed E-state index contributed by atoms with van der Waals surface area (Å²) in [6.45, 7) is 4.46. The molecule has 1 aromatic heterocycles. The van der Waals surface area contributed by atoms with Crippen molar-refractivity contribution in [3.05, 3.63) is 138 Å². The zero-order valence-electron chi connectivity index (χ0n) is 26.3. The van der Waals surface area contributed by atoms with Crippen molar-refractivity contribution in [3.63, 3.8) is 0 Å². The molecule has 0 saturated heterocycles. The van der Waals surface area contributed by atoms with E-state index in [-0.39, 0.29) is 24.8 Å². The van der Waals surface area contributed by atoms with E-state index in [0.29, 0.717) is 25.2 Å². The van der Waals surface area contributed by atoms with Crippen molar-refractivity contribution in [1.82, 2.24) is 15.2 Å². The fraction of sp³-hybridized carbons (Fsp3) is 0.216. The standard InChI is InChI=1S/C21H27N5O2.C9H9N.C7H8/c1-28-18-10-7-17(8-11-18)15-26(20(24)14-25-21(27)13-22)19(23)12-9-16-5-3-2-4-6-16;1-7-6-10-9-5-3-2-4-8(7)9;1-7-5-3-2-4-6-7/h2-8,10-11,23-24H,9,12-15,22H2,1H3,(H,25,27);2-6,10H,1H3;2-6H,1H3. The van der Waals surface area contributed by atoms with Crippen molar-refractivity contribution in [3.8, 4) is 5.75 Å². The molecule has 0 saturated carbocycles. The zero-order chi connectivity index (χ0) is 32.4. The van der Waals surface area contributed by atoms with Crippen LogP contribution in [0.25, 0.3) is 10.9 Å². The summed E-state index contributed by atoms with van der Waals surface area (Å²) in [5.41, 5.74) is 11.2. The molecule has 1 heterocycles. The maximum absolute atomic E-state index is 11.4. The minimum atomic E-state index is -0.329. The second-order valence-corrected chi connectivity index (χ2v) is 10.5. The van der Waals surface area contributed by atoms with E-state index in [0.717, 1.165) is 16.9 Å². The lowest BCUT2D eigenvalue weighted by Gasteiger charge is -2.26. The highest BCUT2D eigenvalue weighted by Crippen LogP contribution is 2.16. The van der Waals surface area contributed by atoms with Gasteiger partial charge in [0.1, 0.15) is 17.4 Å². The summed E-state index contributed by atoms with van der Waals surface area (Å²) in [4.78, 5) is 16.2. The van der Waals surface area contributed by atoms with Gasteiger partial charge in [0, 0.05) is 23.5 Å². The molecule has 1 amide bonds. The average Bonchev–Trinajstić information content (AvgIpc) is 3.47. The summed E-state index contributed by atoms with van der Waals surface area (Å²) in [6, 6.07) is 36.0. The molecule has 0 atom stereocenters. The van der Waals surface area contributed by atoms with Gasteiger partial charge >= 0.3 is 0 Å². The van der Waals surface area contributed by atoms with Crippen LogP contribution in [0, 0.1) is 24.7 Å². The van der Waals surface area contributed by atoms with E-state index in [1.807, 2.05) is 85.1 Å². The van der Waals surface area contributed by atoms with Crippen LogP contribution >= 0.6 is 0 Å². The number of fused-ring (bicyclic) bond motifs is 1. The molecule has 0 aliphatic rings. The number of nitrogens with zero attached hydrogens (tertiary/aromatic N) is 1. The minimum Gasteiger partial charge on any atom is -0.497 e. The monoisotopic (exact) mass is 604 g/mol. The molecule has 0 bridgehead atoms. The number of amidine groups is 2. The third kappa shape index (κ3) is 11.8. The van der Waals surface area contributed by atoms with Gasteiger partial charge in [0.05, 0.1) is 26.7 Å². The Kier molecular flexibility index (Phi) is 14.1. The molecule has 6 N–H and O–H groups in total. The third-order valence-corrected chi connectivity index (χ3v) is 7.02. The molecule has 0 fully saturated rings. The van der Waals surface area contributed by atoms with Crippen molar-refractivity contribution in [2.24, 2.45) is 5.73 Å². The maximum atomic E-state index is 11.4. The number of amides is 1. The van der Waals surface area contributed by atoms with Gasteiger partial charge in [-0.3, -0.25) is 15.6 Å². The third-order valence-electron chi connectivity index (χ3n) is 7.02. The first-order chi connectivity index (χ1) is 21.8. The van der Waals surface area contributed by atoms with E-state index in [1.54, 1.807) is 12.0 Å². The Balaban J connectivity index is 0.000000259. The summed E-state index contributed by atoms with van der Waals surface area (Å²) in [5, 5.41) is 20.8. The largest absolute Gasteiger partial charge is 0.497 e. The predicted octanol–water partition coefficient (Wildman–Crippen LogP) is 6.63. The molecule has 0 radical (unpaired) electrons. The Hall–Kier alpha value is -5.21. The molecule has 0 aliphatic carbocycles. The van der Waals surface area contributed by atoms with Gasteiger partial charge < -0.3 is 25.7 Å². The van der Waals surface area contributed by atoms with Crippen LogP contribution in [0.5, 0.6) is 5.75 Å². The van der Waals surface area contributed by atoms with Crippen LogP contribution in [0.3, 0.4) is 0 Å². The van der Waals surface area contributed by atoms with Crippen molar-refractivity contribution < 1.29 is 9.53 Å². The number of H-pyrrole nitrogens is 1. The Labute approximate surface area is 266 Å². The van der Waals surface area contributed by atoms with Gasteiger partial charge in [-0.05, 0) is 55.2 Å². The number of aromatic amines is 1. The second kappa shape index (κ2) is 18.5. The number of aryl methyl sites for hydroxylation is 3. The topological polar surface area (TPSA) is 131 Å². The number of ether oxygens (including phenoxy) is 1. The molecule has 45 heavy (non-hydrogen) atoms. The fourth-order valence-electron chi connectivity index (χ4n) is 4.41. The summed E-state index contributed by atoms with van der Waals surface area (Å²) < 4.78 is 5.18. The molecule has 4 aromatic carbocycles. The molecule has 5 aromatic rings. The SMILES string of the molecule is COc1ccc(CN(C(=N)CCc2ccccc2)C(=N)CNC(=O)CN)cc1.Cc1c[nH]c2ccccc12.Cc1ccccc1. The average molecular weight is 605 g/mol. The zero-order valence-corrected chi connectivity index (χ0v) is 26.3. The number of hydrogen-bond donors (Lipinski definition) is 5. The highest BCUT2D eigenvalue weighted by Gasteiger charge is 2.17. The number of methoxy groups -OCH3 is 1. The van der Waals surface area contributed by atoms with E-state index in [1.165, 1.54) is 22.0 Å². The molecular weight excluding hydrogens is 560 g/mol. The predicted molar refractivity (Wildman–Crippen MR) is 185 cm³/mol. The van der Waals surface area contributed by atoms with Gasteiger partial charge in [-0.1, -0.05) is 96.6 Å². The first kappa shape index (κ1) is 34.3. The van der Waals surface area contributed by atoms with Gasteiger partial charge in [0.25, 0.3) is 0 Å². The lowest BCUT2D eigenvalue weighted by molar-refractivity contribution is -0.119. The van der Waals surface area contributed by atoms with Crippen LogP contribution < -0.4 is 15.8 Å². The fourth-order valence-corrected chi connectivity index (χ4v) is 4.41. The first-order valence-electron chi connectivity index (χ1n) is 14.9. The van der Waals surface area contributed by atoms with Crippen molar-refractivity contribution in [2.45, 2.75) is 33.2 Å². The van der Waals surface area contributed by atoms with E-state index < -0.39 is 0 Å². The van der Waals surface area contributed by atoms with E-state index in [4.69, 9.17) is 21.3 Å². The first-order valence-corrected chi connectivity index (χ1v) is 14.9. The van der Waals surface area contributed by atoms with Crippen molar-refractivity contribution in [2.75, 3.05) is 20.2 Å². The van der Waals surface area contributed by atoms with E-state index in [2.05, 4.69) is 54.5 Å². The van der Waals surface area contributed by atoms with Crippen molar-refractivity contribution >= 4 is 28.5 Å². The van der Waals surface area contributed by atoms with E-state index in [9.17, 15) is 4.79 Å². The van der Waals surface area contributed by atoms with Gasteiger partial charge in [0.15, 0.2) is 0 Å². The van der Waals surface area contributed by atoms with Crippen LogP contribution in [0.15, 0.2) is 115 Å². The smallest absolute Gasteiger partial charge is 0.234 e. The van der Waals surface area contributed by atoms with Crippen LogP contribution in [-0.4, -0.2) is 47.7 Å². The lowest BCUT2D eigenvalue weighted by atomic mass is 10.1. The molecular formula is C37H44N6O2. The number of rotatable bonds is 9. The molecule has 5 rings (SSSR count). The number of carbonyl (C=O) groups is 1. The van der Waals surface area contributed by atoms with Gasteiger partial charge in [-0.25, -0.2) is 0 Å². The number of nitrogens with one attached hydrogen (secondary N) is 4. The van der Waals surface area contributed by atoms with Gasteiger partial charge in [0.2, 0.25) is 5.91 Å². The van der Waals surface area contributed by atoms with Gasteiger partial charge in [-0.2, -0.15) is 0 Å². The molecule has 0 unspecified atom stereocenters. The Morgan fingerprint density at radius 2 is 1.44 bits per heavy atom. The normalized spacial score (nSPS) is 10.0. The van der Waals surface area contributed by atoms with E-state index >= 15 is 0 Å². The maximum Gasteiger partial charge on any atom is 0.234 e. The van der Waals surface area contributed by atoms with Gasteiger partial charge in [-0.15, -0.1) is 0 Å². The summed E-state index contributed by atoms with van der Waals surface area (Å²) >= 11 is 0. The molecule has 234 valence electrons.